The number of aryl methyl sites for hydroxylation is 1. The smallest absolute Gasteiger partial charge is 0.305 e. The van der Waals surface area contributed by atoms with Gasteiger partial charge in [0.25, 0.3) is 0 Å². The molecule has 122 valence electrons. The Bertz CT molecular complexity index is 1020. The van der Waals surface area contributed by atoms with Gasteiger partial charge in [0.2, 0.25) is 0 Å². The molecule has 1 heterocycles. The lowest BCUT2D eigenvalue weighted by molar-refractivity contribution is 0.506. The fraction of sp³-hybridized carbons (Fsp3) is 0.111. The second-order valence-electron chi connectivity index (χ2n) is 5.44. The first-order chi connectivity index (χ1) is 11.5. The van der Waals surface area contributed by atoms with Crippen molar-refractivity contribution >= 4 is 0 Å². The van der Waals surface area contributed by atoms with Crippen LogP contribution in [0.3, 0.4) is 0 Å². The number of hydrogen-bond acceptors (Lipinski definition) is 2. The minimum absolute atomic E-state index is 0.0140. The molecule has 0 amide bonds. The molecule has 0 unspecified atom stereocenters. The van der Waals surface area contributed by atoms with Crippen LogP contribution >= 0.6 is 0 Å². The van der Waals surface area contributed by atoms with Crippen LogP contribution < -0.4 is 11.1 Å². The molecule has 0 radical (unpaired) electrons. The van der Waals surface area contributed by atoms with Gasteiger partial charge < -0.3 is 4.57 Å². The van der Waals surface area contributed by atoms with Gasteiger partial charge in [0.15, 0.2) is 11.6 Å². The summed E-state index contributed by atoms with van der Waals surface area (Å²) in [6, 6.07) is 10.6. The number of nitrogens with zero attached hydrogens (tertiary/aromatic N) is 2. The van der Waals surface area contributed by atoms with E-state index in [9.17, 15) is 18.4 Å². The normalized spacial score (nSPS) is 10.8. The van der Waals surface area contributed by atoms with Crippen molar-refractivity contribution in [2.75, 3.05) is 0 Å². The Kier molecular flexibility index (Phi) is 4.12. The monoisotopic (exact) mass is 328 g/mol. The molecule has 0 saturated carbocycles. The molecule has 6 heteroatoms. The van der Waals surface area contributed by atoms with Gasteiger partial charge in [0.05, 0.1) is 12.2 Å². The standard InChI is InChI=1S/C18H14F2N2O2/c1-12-4-2-3-5-16(12)22-9-8-21(17(23)18(22)24)11-13-6-7-14(19)15(20)10-13/h2-10H,11H2,1H3. The van der Waals surface area contributed by atoms with Gasteiger partial charge in [-0.15, -0.1) is 0 Å². The summed E-state index contributed by atoms with van der Waals surface area (Å²) in [6.07, 6.45) is 2.95. The molecule has 24 heavy (non-hydrogen) atoms. The second-order valence-corrected chi connectivity index (χ2v) is 5.44. The highest BCUT2D eigenvalue weighted by molar-refractivity contribution is 5.39. The third-order valence-corrected chi connectivity index (χ3v) is 3.77. The summed E-state index contributed by atoms with van der Waals surface area (Å²) in [7, 11) is 0. The maximum absolute atomic E-state index is 13.3. The predicted octanol–water partition coefficient (Wildman–Crippen LogP) is 2.63. The highest BCUT2D eigenvalue weighted by Gasteiger charge is 2.10. The summed E-state index contributed by atoms with van der Waals surface area (Å²) in [5.74, 6) is -1.95. The van der Waals surface area contributed by atoms with Gasteiger partial charge in [0, 0.05) is 12.4 Å². The molecule has 0 spiro atoms. The zero-order valence-corrected chi connectivity index (χ0v) is 12.9. The van der Waals surface area contributed by atoms with Crippen molar-refractivity contribution < 1.29 is 8.78 Å². The van der Waals surface area contributed by atoms with Crippen LogP contribution in [0.5, 0.6) is 0 Å². The predicted molar refractivity (Wildman–Crippen MR) is 86.5 cm³/mol. The molecule has 4 nitrogen and oxygen atoms in total. The molecule has 1 aromatic heterocycles. The van der Waals surface area contributed by atoms with Gasteiger partial charge in [-0.2, -0.15) is 0 Å². The largest absolute Gasteiger partial charge is 0.320 e. The molecule has 0 aliphatic heterocycles. The van der Waals surface area contributed by atoms with Crippen molar-refractivity contribution in [3.05, 3.63) is 98.3 Å². The van der Waals surface area contributed by atoms with Crippen LogP contribution in [0.4, 0.5) is 8.78 Å². The minimum atomic E-state index is -0.992. The Labute approximate surface area is 136 Å². The van der Waals surface area contributed by atoms with Crippen molar-refractivity contribution in [2.45, 2.75) is 13.5 Å². The third-order valence-electron chi connectivity index (χ3n) is 3.77. The maximum atomic E-state index is 13.3. The van der Waals surface area contributed by atoms with E-state index in [-0.39, 0.29) is 6.54 Å². The van der Waals surface area contributed by atoms with Crippen LogP contribution in [0.1, 0.15) is 11.1 Å². The molecule has 0 fully saturated rings. The van der Waals surface area contributed by atoms with Gasteiger partial charge >= 0.3 is 11.1 Å². The van der Waals surface area contributed by atoms with Crippen molar-refractivity contribution in [2.24, 2.45) is 0 Å². The van der Waals surface area contributed by atoms with E-state index in [4.69, 9.17) is 0 Å². The fourth-order valence-corrected chi connectivity index (χ4v) is 2.49. The van der Waals surface area contributed by atoms with E-state index in [1.54, 1.807) is 12.1 Å². The fourth-order valence-electron chi connectivity index (χ4n) is 2.49. The molecule has 0 bridgehead atoms. The molecule has 0 aliphatic carbocycles. The number of benzene rings is 2. The summed E-state index contributed by atoms with van der Waals surface area (Å²) in [5, 5.41) is 0. The van der Waals surface area contributed by atoms with E-state index in [0.29, 0.717) is 11.3 Å². The Morgan fingerprint density at radius 1 is 0.917 bits per heavy atom. The van der Waals surface area contributed by atoms with Gasteiger partial charge in [-0.1, -0.05) is 24.3 Å². The topological polar surface area (TPSA) is 44.0 Å². The van der Waals surface area contributed by atoms with Crippen LogP contribution in [0.2, 0.25) is 0 Å². The average molecular weight is 328 g/mol. The van der Waals surface area contributed by atoms with E-state index >= 15 is 0 Å². The Hall–Kier alpha value is -3.02. The highest BCUT2D eigenvalue weighted by atomic mass is 19.2. The zero-order chi connectivity index (χ0) is 17.3. The summed E-state index contributed by atoms with van der Waals surface area (Å²) < 4.78 is 28.7. The average Bonchev–Trinajstić information content (AvgIpc) is 2.56. The summed E-state index contributed by atoms with van der Waals surface area (Å²) in [6.45, 7) is 1.83. The molecule has 3 rings (SSSR count). The Balaban J connectivity index is 2.02. The lowest BCUT2D eigenvalue weighted by atomic mass is 10.2. The van der Waals surface area contributed by atoms with Gasteiger partial charge in [0.1, 0.15) is 0 Å². The highest BCUT2D eigenvalue weighted by Crippen LogP contribution is 2.11. The lowest BCUT2D eigenvalue weighted by Gasteiger charge is -2.11. The quantitative estimate of drug-likeness (QED) is 0.694. The van der Waals surface area contributed by atoms with Crippen LogP contribution in [0.15, 0.2) is 64.4 Å². The van der Waals surface area contributed by atoms with E-state index in [1.165, 1.54) is 27.6 Å². The number of hydrogen-bond donors (Lipinski definition) is 0. The van der Waals surface area contributed by atoms with Crippen molar-refractivity contribution in [1.82, 2.24) is 9.13 Å². The molecule has 2 aromatic carbocycles. The number of rotatable bonds is 3. The number of aromatic nitrogens is 2. The molecule has 0 saturated heterocycles. The molecule has 0 N–H and O–H groups in total. The van der Waals surface area contributed by atoms with Gasteiger partial charge in [-0.3, -0.25) is 14.2 Å². The lowest BCUT2D eigenvalue weighted by Crippen LogP contribution is -2.40. The minimum Gasteiger partial charge on any atom is -0.305 e. The zero-order valence-electron chi connectivity index (χ0n) is 12.9. The first kappa shape index (κ1) is 15.9. The molecule has 0 aliphatic rings. The van der Waals surface area contributed by atoms with E-state index < -0.39 is 22.8 Å². The van der Waals surface area contributed by atoms with Crippen LogP contribution in [-0.2, 0) is 6.54 Å². The molecule has 3 aromatic rings. The third kappa shape index (κ3) is 2.90. The van der Waals surface area contributed by atoms with Crippen molar-refractivity contribution in [1.29, 1.82) is 0 Å². The first-order valence-electron chi connectivity index (χ1n) is 7.29. The number of halogens is 2. The first-order valence-corrected chi connectivity index (χ1v) is 7.29. The van der Waals surface area contributed by atoms with E-state index in [1.807, 2.05) is 19.1 Å². The van der Waals surface area contributed by atoms with Gasteiger partial charge in [-0.05, 0) is 36.2 Å². The molecule has 0 atom stereocenters. The van der Waals surface area contributed by atoms with E-state index in [0.717, 1.165) is 17.7 Å². The second kappa shape index (κ2) is 6.23. The SMILES string of the molecule is Cc1ccccc1-n1ccn(Cc2ccc(F)c(F)c2)c(=O)c1=O. The Morgan fingerprint density at radius 2 is 1.67 bits per heavy atom. The summed E-state index contributed by atoms with van der Waals surface area (Å²) in [4.78, 5) is 24.6. The molecular weight excluding hydrogens is 314 g/mol. The Morgan fingerprint density at radius 3 is 2.38 bits per heavy atom. The maximum Gasteiger partial charge on any atom is 0.320 e. The van der Waals surface area contributed by atoms with Crippen LogP contribution in [0, 0.1) is 18.6 Å². The van der Waals surface area contributed by atoms with Crippen molar-refractivity contribution in [3.8, 4) is 5.69 Å². The number of para-hydroxylation sites is 1. The summed E-state index contributed by atoms with van der Waals surface area (Å²) in [5.41, 5.74) is 0.445. The van der Waals surface area contributed by atoms with Gasteiger partial charge in [-0.25, -0.2) is 8.78 Å². The van der Waals surface area contributed by atoms with Crippen LogP contribution in [0.25, 0.3) is 5.69 Å². The van der Waals surface area contributed by atoms with Crippen LogP contribution in [-0.4, -0.2) is 9.13 Å². The van der Waals surface area contributed by atoms with E-state index in [2.05, 4.69) is 0 Å². The van der Waals surface area contributed by atoms with Crippen molar-refractivity contribution in [3.63, 3.8) is 0 Å². The summed E-state index contributed by atoms with van der Waals surface area (Å²) >= 11 is 0. The molecular formula is C18H14F2N2O2.